The van der Waals surface area contributed by atoms with Gasteiger partial charge in [-0.15, -0.1) is 0 Å². The smallest absolute Gasteiger partial charge is 0.294 e. The number of hydrogen-bond donors (Lipinski definition) is 0. The largest absolute Gasteiger partial charge is 0.494 e. The number of carbonyl (C=O) groups excluding carboxylic acids is 3. The van der Waals surface area contributed by atoms with E-state index in [0.717, 1.165) is 40.8 Å². The molecule has 7 heteroatoms. The van der Waals surface area contributed by atoms with Gasteiger partial charge >= 0.3 is 0 Å². The molecule has 3 rings (SSSR count). The zero-order valence-electron chi connectivity index (χ0n) is 14.1. The van der Waals surface area contributed by atoms with E-state index in [0.29, 0.717) is 24.6 Å². The van der Waals surface area contributed by atoms with Gasteiger partial charge in [-0.25, -0.2) is 0 Å². The van der Waals surface area contributed by atoms with Crippen LogP contribution in [-0.2, 0) is 9.59 Å². The molecule has 0 atom stereocenters. The fourth-order valence-electron chi connectivity index (χ4n) is 2.82. The lowest BCUT2D eigenvalue weighted by Crippen LogP contribution is -2.40. The summed E-state index contributed by atoms with van der Waals surface area (Å²) in [5.74, 6) is 0.183. The van der Waals surface area contributed by atoms with E-state index in [1.54, 1.807) is 11.0 Å². The van der Waals surface area contributed by atoms with Gasteiger partial charge in [0.15, 0.2) is 0 Å². The number of ether oxygens (including phenoxy) is 1. The average molecular weight is 360 g/mol. The van der Waals surface area contributed by atoms with Crippen LogP contribution < -0.4 is 4.74 Å². The molecule has 0 unspecified atom stereocenters. The molecule has 0 saturated carbocycles. The predicted octanol–water partition coefficient (Wildman–Crippen LogP) is 2.74. The highest BCUT2D eigenvalue weighted by molar-refractivity contribution is 8.18. The van der Waals surface area contributed by atoms with Gasteiger partial charge in [0.1, 0.15) is 12.3 Å². The number of rotatable bonds is 5. The molecule has 0 spiro atoms. The van der Waals surface area contributed by atoms with Crippen molar-refractivity contribution >= 4 is 34.9 Å². The van der Waals surface area contributed by atoms with Crippen molar-refractivity contribution in [1.82, 2.24) is 9.80 Å². The summed E-state index contributed by atoms with van der Waals surface area (Å²) >= 11 is 0.872. The van der Waals surface area contributed by atoms with Crippen LogP contribution in [0.2, 0.25) is 0 Å². The molecule has 6 nitrogen and oxygen atoms in total. The molecule has 25 heavy (non-hydrogen) atoms. The molecule has 2 heterocycles. The normalized spacial score (nSPS) is 19.2. The second-order valence-electron chi connectivity index (χ2n) is 5.86. The van der Waals surface area contributed by atoms with Gasteiger partial charge in [-0.3, -0.25) is 19.3 Å². The first kappa shape index (κ1) is 17.5. The fourth-order valence-corrected chi connectivity index (χ4v) is 3.65. The Labute approximate surface area is 150 Å². The maximum absolute atomic E-state index is 12.5. The first-order chi connectivity index (χ1) is 12.1. The Morgan fingerprint density at radius 2 is 1.88 bits per heavy atom. The highest BCUT2D eigenvalue weighted by atomic mass is 32.2. The minimum Gasteiger partial charge on any atom is -0.494 e. The molecule has 0 aliphatic carbocycles. The van der Waals surface area contributed by atoms with Crippen LogP contribution in [0.1, 0.15) is 25.3 Å². The molecule has 0 radical (unpaired) electrons. The molecular weight excluding hydrogens is 340 g/mol. The van der Waals surface area contributed by atoms with Crippen molar-refractivity contribution < 1.29 is 19.1 Å². The van der Waals surface area contributed by atoms with E-state index >= 15 is 0 Å². The first-order valence-corrected chi connectivity index (χ1v) is 9.16. The van der Waals surface area contributed by atoms with Crippen LogP contribution in [0.3, 0.4) is 0 Å². The minimum absolute atomic E-state index is 0.165. The van der Waals surface area contributed by atoms with Crippen LogP contribution in [-0.4, -0.2) is 53.1 Å². The summed E-state index contributed by atoms with van der Waals surface area (Å²) in [5, 5.41) is -0.394. The Morgan fingerprint density at radius 1 is 1.20 bits per heavy atom. The molecule has 2 aliphatic heterocycles. The molecule has 1 aromatic carbocycles. The molecule has 3 amide bonds. The molecule has 2 aliphatic rings. The van der Waals surface area contributed by atoms with Crippen molar-refractivity contribution in [2.75, 3.05) is 26.2 Å². The number of benzene rings is 1. The molecule has 132 valence electrons. The Kier molecular flexibility index (Phi) is 5.43. The van der Waals surface area contributed by atoms with Crippen molar-refractivity contribution in [1.29, 1.82) is 0 Å². The number of thioether (sulfide) groups is 1. The van der Waals surface area contributed by atoms with E-state index in [9.17, 15) is 14.4 Å². The lowest BCUT2D eigenvalue weighted by Gasteiger charge is -2.18. The van der Waals surface area contributed by atoms with Crippen molar-refractivity contribution in [3.8, 4) is 5.75 Å². The standard InChI is InChI=1S/C18H20N2O4S/c1-2-24-14-7-5-13(6-8-14)11-15-17(22)20(18(23)25-15)12-16(21)19-9-3-4-10-19/h5-8,11H,2-4,9-10,12H2,1H3/b15-11+. The maximum Gasteiger partial charge on any atom is 0.294 e. The molecule has 2 fully saturated rings. The van der Waals surface area contributed by atoms with Crippen LogP contribution in [0.5, 0.6) is 5.75 Å². The predicted molar refractivity (Wildman–Crippen MR) is 96.1 cm³/mol. The van der Waals surface area contributed by atoms with Crippen molar-refractivity contribution in [3.63, 3.8) is 0 Å². The van der Waals surface area contributed by atoms with E-state index in [-0.39, 0.29) is 12.5 Å². The summed E-state index contributed by atoms with van der Waals surface area (Å²) in [6.07, 6.45) is 3.62. The summed E-state index contributed by atoms with van der Waals surface area (Å²) in [7, 11) is 0. The highest BCUT2D eigenvalue weighted by Gasteiger charge is 2.37. The van der Waals surface area contributed by atoms with Gasteiger partial charge in [-0.1, -0.05) is 12.1 Å². The lowest BCUT2D eigenvalue weighted by molar-refractivity contribution is -0.135. The molecule has 0 aromatic heterocycles. The van der Waals surface area contributed by atoms with E-state index in [4.69, 9.17) is 4.74 Å². The molecule has 2 saturated heterocycles. The second-order valence-corrected chi connectivity index (χ2v) is 6.85. The third-order valence-corrected chi connectivity index (χ3v) is 5.02. The SMILES string of the molecule is CCOc1ccc(/C=C2/SC(=O)N(CC(=O)N3CCCC3)C2=O)cc1. The van der Waals surface area contributed by atoms with Gasteiger partial charge in [-0.2, -0.15) is 0 Å². The van der Waals surface area contributed by atoms with Crippen LogP contribution >= 0.6 is 11.8 Å². The molecule has 1 aromatic rings. The Bertz CT molecular complexity index is 708. The first-order valence-electron chi connectivity index (χ1n) is 8.34. The zero-order valence-corrected chi connectivity index (χ0v) is 14.9. The van der Waals surface area contributed by atoms with Gasteiger partial charge in [-0.05, 0) is 55.3 Å². The summed E-state index contributed by atoms with van der Waals surface area (Å²) in [6, 6.07) is 7.29. The number of nitrogens with zero attached hydrogens (tertiary/aromatic N) is 2. The molecule has 0 bridgehead atoms. The lowest BCUT2D eigenvalue weighted by atomic mass is 10.2. The Hall–Kier alpha value is -2.28. The second kappa shape index (κ2) is 7.74. The number of imide groups is 1. The Morgan fingerprint density at radius 3 is 2.52 bits per heavy atom. The van der Waals surface area contributed by atoms with Gasteiger partial charge in [0.25, 0.3) is 11.1 Å². The van der Waals surface area contributed by atoms with E-state index in [1.165, 1.54) is 0 Å². The van der Waals surface area contributed by atoms with Crippen molar-refractivity contribution in [2.45, 2.75) is 19.8 Å². The van der Waals surface area contributed by atoms with E-state index in [2.05, 4.69) is 0 Å². The van der Waals surface area contributed by atoms with E-state index in [1.807, 2.05) is 31.2 Å². The summed E-state index contributed by atoms with van der Waals surface area (Å²) in [6.45, 7) is 3.73. The minimum atomic E-state index is -0.406. The van der Waals surface area contributed by atoms with Gasteiger partial charge < -0.3 is 9.64 Å². The quantitative estimate of drug-likeness (QED) is 0.756. The third kappa shape index (κ3) is 4.04. The number of carbonyl (C=O) groups is 3. The Balaban J connectivity index is 1.68. The third-order valence-electron chi connectivity index (χ3n) is 4.11. The van der Waals surface area contributed by atoms with Crippen LogP contribution in [0.15, 0.2) is 29.2 Å². The molecule has 0 N–H and O–H groups in total. The van der Waals surface area contributed by atoms with Gasteiger partial charge in [0, 0.05) is 13.1 Å². The van der Waals surface area contributed by atoms with Gasteiger partial charge in [0.2, 0.25) is 5.91 Å². The topological polar surface area (TPSA) is 66.9 Å². The van der Waals surface area contributed by atoms with Crippen molar-refractivity contribution in [2.24, 2.45) is 0 Å². The summed E-state index contributed by atoms with van der Waals surface area (Å²) in [5.41, 5.74) is 0.805. The number of hydrogen-bond acceptors (Lipinski definition) is 5. The molecular formula is C18H20N2O4S. The van der Waals surface area contributed by atoms with Crippen molar-refractivity contribution in [3.05, 3.63) is 34.7 Å². The summed E-state index contributed by atoms with van der Waals surface area (Å²) < 4.78 is 5.38. The highest BCUT2D eigenvalue weighted by Crippen LogP contribution is 2.32. The van der Waals surface area contributed by atoms with Crippen LogP contribution in [0.25, 0.3) is 6.08 Å². The zero-order chi connectivity index (χ0) is 17.8. The van der Waals surface area contributed by atoms with Gasteiger partial charge in [0.05, 0.1) is 11.5 Å². The monoisotopic (exact) mass is 360 g/mol. The maximum atomic E-state index is 12.5. The summed E-state index contributed by atoms with van der Waals surface area (Å²) in [4.78, 5) is 39.8. The van der Waals surface area contributed by atoms with E-state index < -0.39 is 11.1 Å². The fraction of sp³-hybridized carbons (Fsp3) is 0.389. The number of amides is 3. The number of likely N-dealkylation sites (tertiary alicyclic amines) is 1. The average Bonchev–Trinajstić information content (AvgIpc) is 3.22. The van der Waals surface area contributed by atoms with Crippen LogP contribution in [0, 0.1) is 0 Å². The van der Waals surface area contributed by atoms with Crippen LogP contribution in [0.4, 0.5) is 4.79 Å².